The van der Waals surface area contributed by atoms with E-state index in [1.165, 1.54) is 11.3 Å². The number of hydrogen-bond acceptors (Lipinski definition) is 6. The third kappa shape index (κ3) is 4.07. The number of nitrogens with one attached hydrogen (secondary N) is 1. The Morgan fingerprint density at radius 2 is 1.86 bits per heavy atom. The Kier molecular flexibility index (Phi) is 5.12. The van der Waals surface area contributed by atoms with E-state index in [1.54, 1.807) is 24.4 Å². The Labute approximate surface area is 166 Å². The van der Waals surface area contributed by atoms with Crippen molar-refractivity contribution < 1.29 is 9.53 Å². The minimum absolute atomic E-state index is 0.369. The van der Waals surface area contributed by atoms with Gasteiger partial charge in [0, 0.05) is 17.1 Å². The molecule has 138 valence electrons. The summed E-state index contributed by atoms with van der Waals surface area (Å²) in [4.78, 5) is 21.3. The molecule has 0 atom stereocenters. The van der Waals surface area contributed by atoms with Gasteiger partial charge in [-0.3, -0.25) is 0 Å². The standard InChI is InChI=1S/C22H17N3O2S/c1-15-13-16(10-11-18(15)21(26)27-17-7-3-2-4-8-17)19-14-28-22(24-19)25-20-9-5-6-12-23-20/h2-14H,1H3,(H,23,24,25). The Hall–Kier alpha value is -3.51. The van der Waals surface area contributed by atoms with Crippen LogP contribution in [0.3, 0.4) is 0 Å². The number of aromatic nitrogens is 2. The Morgan fingerprint density at radius 3 is 2.61 bits per heavy atom. The maximum Gasteiger partial charge on any atom is 0.343 e. The average molecular weight is 387 g/mol. The summed E-state index contributed by atoms with van der Waals surface area (Å²) in [7, 11) is 0. The first kappa shape index (κ1) is 17.9. The highest BCUT2D eigenvalue weighted by Gasteiger charge is 2.14. The number of hydrogen-bond donors (Lipinski definition) is 1. The summed E-state index contributed by atoms with van der Waals surface area (Å²) in [5.41, 5.74) is 3.16. The zero-order chi connectivity index (χ0) is 19.3. The minimum atomic E-state index is -0.369. The fourth-order valence-corrected chi connectivity index (χ4v) is 3.44. The van der Waals surface area contributed by atoms with Gasteiger partial charge in [-0.05, 0) is 48.9 Å². The van der Waals surface area contributed by atoms with Crippen LogP contribution < -0.4 is 10.1 Å². The average Bonchev–Trinajstić information content (AvgIpc) is 3.18. The summed E-state index contributed by atoms with van der Waals surface area (Å²) in [5.74, 6) is 0.908. The molecular weight excluding hydrogens is 370 g/mol. The number of aryl methyl sites for hydroxylation is 1. The van der Waals surface area contributed by atoms with Crippen LogP contribution in [-0.2, 0) is 0 Å². The molecule has 0 radical (unpaired) electrons. The number of benzene rings is 2. The lowest BCUT2D eigenvalue weighted by atomic mass is 10.0. The number of ether oxygens (including phenoxy) is 1. The number of carbonyl (C=O) groups excluding carboxylic acids is 1. The molecule has 6 heteroatoms. The van der Waals surface area contributed by atoms with Gasteiger partial charge in [-0.15, -0.1) is 11.3 Å². The summed E-state index contributed by atoms with van der Waals surface area (Å²) in [6, 6.07) is 20.3. The first-order chi connectivity index (χ1) is 13.7. The van der Waals surface area contributed by atoms with E-state index in [-0.39, 0.29) is 5.97 Å². The lowest BCUT2D eigenvalue weighted by Crippen LogP contribution is -2.10. The van der Waals surface area contributed by atoms with E-state index in [2.05, 4.69) is 15.3 Å². The molecule has 5 nitrogen and oxygen atoms in total. The Morgan fingerprint density at radius 1 is 1.04 bits per heavy atom. The van der Waals surface area contributed by atoms with Crippen LogP contribution in [0.1, 0.15) is 15.9 Å². The number of thiazole rings is 1. The van der Waals surface area contributed by atoms with E-state index in [4.69, 9.17) is 4.74 Å². The van der Waals surface area contributed by atoms with E-state index in [9.17, 15) is 4.79 Å². The Bertz CT molecular complexity index is 1100. The van der Waals surface area contributed by atoms with Gasteiger partial charge < -0.3 is 10.1 Å². The smallest absolute Gasteiger partial charge is 0.343 e. The van der Waals surface area contributed by atoms with Crippen molar-refractivity contribution in [3.63, 3.8) is 0 Å². The van der Waals surface area contributed by atoms with Crippen molar-refractivity contribution in [1.82, 2.24) is 9.97 Å². The summed E-state index contributed by atoms with van der Waals surface area (Å²) in [6.45, 7) is 1.89. The molecule has 0 amide bonds. The molecule has 0 aliphatic carbocycles. The molecule has 4 aromatic rings. The molecule has 2 aromatic carbocycles. The number of rotatable bonds is 5. The highest BCUT2D eigenvalue weighted by atomic mass is 32.1. The van der Waals surface area contributed by atoms with E-state index < -0.39 is 0 Å². The van der Waals surface area contributed by atoms with E-state index >= 15 is 0 Å². The highest BCUT2D eigenvalue weighted by Crippen LogP contribution is 2.28. The number of nitrogens with zero attached hydrogens (tertiary/aromatic N) is 2. The predicted molar refractivity (Wildman–Crippen MR) is 111 cm³/mol. The molecule has 0 bridgehead atoms. The van der Waals surface area contributed by atoms with Crippen LogP contribution in [0.4, 0.5) is 10.9 Å². The topological polar surface area (TPSA) is 64.1 Å². The minimum Gasteiger partial charge on any atom is -0.423 e. The third-order valence-corrected chi connectivity index (χ3v) is 4.86. The lowest BCUT2D eigenvalue weighted by Gasteiger charge is -2.08. The van der Waals surface area contributed by atoms with Gasteiger partial charge in [0.25, 0.3) is 0 Å². The van der Waals surface area contributed by atoms with E-state index in [0.717, 1.165) is 27.8 Å². The molecule has 28 heavy (non-hydrogen) atoms. The van der Waals surface area contributed by atoms with Crippen molar-refractivity contribution in [2.45, 2.75) is 6.92 Å². The van der Waals surface area contributed by atoms with Crippen molar-refractivity contribution in [1.29, 1.82) is 0 Å². The molecule has 2 aromatic heterocycles. The highest BCUT2D eigenvalue weighted by molar-refractivity contribution is 7.14. The van der Waals surface area contributed by atoms with Crippen molar-refractivity contribution in [2.75, 3.05) is 5.32 Å². The van der Waals surface area contributed by atoms with Crippen LogP contribution in [-0.4, -0.2) is 15.9 Å². The van der Waals surface area contributed by atoms with Crippen molar-refractivity contribution in [3.05, 3.63) is 89.4 Å². The number of pyridine rings is 1. The summed E-state index contributed by atoms with van der Waals surface area (Å²) < 4.78 is 5.43. The second-order valence-electron chi connectivity index (χ2n) is 6.11. The summed E-state index contributed by atoms with van der Waals surface area (Å²) in [5, 5.41) is 5.92. The van der Waals surface area contributed by atoms with Crippen LogP contribution in [0.5, 0.6) is 5.75 Å². The van der Waals surface area contributed by atoms with Gasteiger partial charge in [0.05, 0.1) is 11.3 Å². The fourth-order valence-electron chi connectivity index (χ4n) is 2.71. The van der Waals surface area contributed by atoms with Gasteiger partial charge in [0.15, 0.2) is 5.13 Å². The Balaban J connectivity index is 1.51. The maximum absolute atomic E-state index is 12.4. The van der Waals surface area contributed by atoms with Gasteiger partial charge in [0.2, 0.25) is 0 Å². The first-order valence-electron chi connectivity index (χ1n) is 8.71. The van der Waals surface area contributed by atoms with E-state index in [1.807, 2.05) is 60.8 Å². The third-order valence-electron chi connectivity index (χ3n) is 4.10. The van der Waals surface area contributed by atoms with E-state index in [0.29, 0.717) is 11.3 Å². The predicted octanol–water partition coefficient (Wildman–Crippen LogP) is 5.48. The monoisotopic (exact) mass is 387 g/mol. The molecule has 2 heterocycles. The number of para-hydroxylation sites is 1. The SMILES string of the molecule is Cc1cc(-c2csc(Nc3ccccn3)n2)ccc1C(=O)Oc1ccccc1. The summed E-state index contributed by atoms with van der Waals surface area (Å²) >= 11 is 1.50. The maximum atomic E-state index is 12.4. The molecule has 0 aliphatic rings. The first-order valence-corrected chi connectivity index (χ1v) is 9.59. The van der Waals surface area contributed by atoms with Crippen molar-refractivity contribution >= 4 is 28.3 Å². The lowest BCUT2D eigenvalue weighted by molar-refractivity contribution is 0.0734. The molecular formula is C22H17N3O2S. The number of esters is 1. The van der Waals surface area contributed by atoms with Crippen molar-refractivity contribution in [2.24, 2.45) is 0 Å². The zero-order valence-corrected chi connectivity index (χ0v) is 15.9. The van der Waals surface area contributed by atoms with Gasteiger partial charge in [0.1, 0.15) is 11.6 Å². The van der Waals surface area contributed by atoms with Crippen LogP contribution in [0, 0.1) is 6.92 Å². The molecule has 0 unspecified atom stereocenters. The van der Waals surface area contributed by atoms with Gasteiger partial charge in [-0.25, -0.2) is 14.8 Å². The second-order valence-corrected chi connectivity index (χ2v) is 6.97. The normalized spacial score (nSPS) is 10.5. The van der Waals surface area contributed by atoms with Gasteiger partial charge in [-0.1, -0.05) is 30.3 Å². The quantitative estimate of drug-likeness (QED) is 0.363. The summed E-state index contributed by atoms with van der Waals surface area (Å²) in [6.07, 6.45) is 1.73. The molecule has 0 saturated carbocycles. The van der Waals surface area contributed by atoms with Crippen LogP contribution in [0.25, 0.3) is 11.3 Å². The molecule has 0 saturated heterocycles. The van der Waals surface area contributed by atoms with Crippen LogP contribution in [0.15, 0.2) is 78.3 Å². The van der Waals surface area contributed by atoms with Crippen LogP contribution >= 0.6 is 11.3 Å². The molecule has 0 aliphatic heterocycles. The molecule has 0 spiro atoms. The molecule has 1 N–H and O–H groups in total. The zero-order valence-electron chi connectivity index (χ0n) is 15.1. The van der Waals surface area contributed by atoms with Crippen LogP contribution in [0.2, 0.25) is 0 Å². The molecule has 0 fully saturated rings. The fraction of sp³-hybridized carbons (Fsp3) is 0.0455. The number of carbonyl (C=O) groups is 1. The largest absolute Gasteiger partial charge is 0.423 e. The van der Waals surface area contributed by atoms with Gasteiger partial charge >= 0.3 is 5.97 Å². The molecule has 4 rings (SSSR count). The van der Waals surface area contributed by atoms with Gasteiger partial charge in [-0.2, -0.15) is 0 Å². The van der Waals surface area contributed by atoms with Crippen molar-refractivity contribution in [3.8, 4) is 17.0 Å². The number of anilines is 2. The second kappa shape index (κ2) is 8.02.